The first-order valence-corrected chi connectivity index (χ1v) is 8.00. The molecule has 0 aromatic carbocycles. The van der Waals surface area contributed by atoms with Crippen LogP contribution in [-0.4, -0.2) is 17.6 Å². The van der Waals surface area contributed by atoms with E-state index in [4.69, 9.17) is 10.7 Å². The number of piperidine rings is 1. The Morgan fingerprint density at radius 1 is 1.50 bits per heavy atom. The Kier molecular flexibility index (Phi) is 3.32. The highest BCUT2D eigenvalue weighted by Gasteiger charge is 2.39. The van der Waals surface area contributed by atoms with Gasteiger partial charge in [0.15, 0.2) is 5.13 Å². The van der Waals surface area contributed by atoms with E-state index < -0.39 is 0 Å². The Balaban J connectivity index is 1.87. The van der Waals surface area contributed by atoms with Gasteiger partial charge in [0.25, 0.3) is 0 Å². The minimum absolute atomic E-state index is 0.536. The average molecular weight is 265 g/mol. The molecule has 0 amide bonds. The molecule has 0 radical (unpaired) electrons. The lowest BCUT2D eigenvalue weighted by Gasteiger charge is -2.26. The van der Waals surface area contributed by atoms with Crippen LogP contribution in [-0.2, 0) is 6.54 Å². The summed E-state index contributed by atoms with van der Waals surface area (Å²) in [6.07, 6.45) is 5.31. The molecule has 18 heavy (non-hydrogen) atoms. The van der Waals surface area contributed by atoms with Crippen molar-refractivity contribution in [3.05, 3.63) is 10.6 Å². The van der Waals surface area contributed by atoms with E-state index >= 15 is 0 Å². The number of hydrogen-bond acceptors (Lipinski definition) is 4. The predicted molar refractivity (Wildman–Crippen MR) is 77.2 cm³/mol. The molecule has 3 nitrogen and oxygen atoms in total. The van der Waals surface area contributed by atoms with Crippen LogP contribution in [0.25, 0.3) is 0 Å². The fourth-order valence-electron chi connectivity index (χ4n) is 3.36. The topological polar surface area (TPSA) is 42.2 Å². The zero-order valence-corrected chi connectivity index (χ0v) is 12.2. The quantitative estimate of drug-likeness (QED) is 0.909. The summed E-state index contributed by atoms with van der Waals surface area (Å²) in [7, 11) is 0. The van der Waals surface area contributed by atoms with E-state index in [1.165, 1.54) is 41.5 Å². The van der Waals surface area contributed by atoms with Crippen LogP contribution < -0.4 is 10.6 Å². The van der Waals surface area contributed by atoms with Crippen LogP contribution in [0.1, 0.15) is 56.0 Å². The van der Waals surface area contributed by atoms with Crippen molar-refractivity contribution in [2.75, 3.05) is 11.4 Å². The van der Waals surface area contributed by atoms with E-state index in [1.807, 2.05) is 11.3 Å². The highest BCUT2D eigenvalue weighted by atomic mass is 32.1. The summed E-state index contributed by atoms with van der Waals surface area (Å²) in [4.78, 5) is 8.76. The molecule has 100 valence electrons. The monoisotopic (exact) mass is 265 g/mol. The highest BCUT2D eigenvalue weighted by Crippen LogP contribution is 2.42. The number of fused-ring (bicyclic) bond motifs is 2. The van der Waals surface area contributed by atoms with Gasteiger partial charge in [0.05, 0.1) is 5.69 Å². The van der Waals surface area contributed by atoms with Gasteiger partial charge in [-0.15, -0.1) is 11.3 Å². The fraction of sp³-hybridized carbons (Fsp3) is 0.786. The molecule has 2 bridgehead atoms. The molecule has 1 saturated carbocycles. The largest absolute Gasteiger partial charge is 0.345 e. The molecule has 2 heterocycles. The Labute approximate surface area is 113 Å². The fourth-order valence-corrected chi connectivity index (χ4v) is 4.50. The number of aromatic nitrogens is 1. The second-order valence-corrected chi connectivity index (χ2v) is 6.87. The van der Waals surface area contributed by atoms with Crippen LogP contribution in [0.4, 0.5) is 5.13 Å². The molecule has 1 aromatic rings. The van der Waals surface area contributed by atoms with Gasteiger partial charge in [-0.25, -0.2) is 4.98 Å². The third-order valence-electron chi connectivity index (χ3n) is 4.64. The lowest BCUT2D eigenvalue weighted by atomic mass is 10.0. The van der Waals surface area contributed by atoms with Gasteiger partial charge < -0.3 is 10.6 Å². The van der Waals surface area contributed by atoms with Gasteiger partial charge in [-0.3, -0.25) is 0 Å². The molecule has 2 fully saturated rings. The zero-order chi connectivity index (χ0) is 12.7. The van der Waals surface area contributed by atoms with Gasteiger partial charge in [-0.1, -0.05) is 13.8 Å². The van der Waals surface area contributed by atoms with Crippen LogP contribution in [0.5, 0.6) is 0 Å². The maximum absolute atomic E-state index is 5.88. The number of rotatable bonds is 4. The number of hydrogen-bond donors (Lipinski definition) is 1. The Morgan fingerprint density at radius 2 is 2.33 bits per heavy atom. The molecule has 1 aromatic heterocycles. The van der Waals surface area contributed by atoms with E-state index in [0.29, 0.717) is 12.5 Å². The van der Waals surface area contributed by atoms with Crippen molar-refractivity contribution in [2.45, 2.75) is 58.0 Å². The summed E-state index contributed by atoms with van der Waals surface area (Å²) >= 11 is 1.83. The molecule has 3 unspecified atom stereocenters. The van der Waals surface area contributed by atoms with Gasteiger partial charge in [0.1, 0.15) is 0 Å². The Hall–Kier alpha value is -0.610. The number of nitrogens with two attached hydrogens (primary N) is 1. The van der Waals surface area contributed by atoms with E-state index in [0.717, 1.165) is 18.4 Å². The molecule has 3 rings (SSSR count). The van der Waals surface area contributed by atoms with E-state index in [1.54, 1.807) is 0 Å². The zero-order valence-electron chi connectivity index (χ0n) is 11.4. The lowest BCUT2D eigenvalue weighted by Crippen LogP contribution is -2.31. The van der Waals surface area contributed by atoms with Crippen LogP contribution in [0.2, 0.25) is 0 Å². The first kappa shape index (κ1) is 12.4. The van der Waals surface area contributed by atoms with Crippen molar-refractivity contribution in [2.24, 2.45) is 11.7 Å². The van der Waals surface area contributed by atoms with Crippen molar-refractivity contribution < 1.29 is 0 Å². The average Bonchev–Trinajstić information content (AvgIpc) is 3.10. The van der Waals surface area contributed by atoms with Crippen molar-refractivity contribution >= 4 is 16.5 Å². The summed E-state index contributed by atoms with van der Waals surface area (Å²) in [5, 5.41) is 1.23. The highest BCUT2D eigenvalue weighted by molar-refractivity contribution is 7.15. The second kappa shape index (κ2) is 4.82. The molecule has 2 aliphatic rings. The SMILES string of the molecule is CCC(C)c1nc(N2CC3CCC2C3)sc1CN. The normalized spacial score (nSPS) is 28.1. The van der Waals surface area contributed by atoms with Gasteiger partial charge in [0, 0.05) is 24.0 Å². The van der Waals surface area contributed by atoms with Crippen molar-refractivity contribution in [3.63, 3.8) is 0 Å². The van der Waals surface area contributed by atoms with E-state index in [2.05, 4.69) is 18.7 Å². The van der Waals surface area contributed by atoms with Crippen molar-refractivity contribution in [1.82, 2.24) is 4.98 Å². The molecule has 1 aliphatic carbocycles. The number of thiazole rings is 1. The molecule has 0 spiro atoms. The summed E-state index contributed by atoms with van der Waals surface area (Å²) < 4.78 is 0. The Morgan fingerprint density at radius 3 is 2.89 bits per heavy atom. The van der Waals surface area contributed by atoms with E-state index in [-0.39, 0.29) is 0 Å². The minimum atomic E-state index is 0.536. The van der Waals surface area contributed by atoms with Crippen LogP contribution in [0.15, 0.2) is 0 Å². The van der Waals surface area contributed by atoms with Gasteiger partial charge >= 0.3 is 0 Å². The first-order valence-electron chi connectivity index (χ1n) is 7.19. The molecular weight excluding hydrogens is 242 g/mol. The maximum atomic E-state index is 5.88. The minimum Gasteiger partial charge on any atom is -0.345 e. The molecule has 1 aliphatic heterocycles. The molecular formula is C14H23N3S. The van der Waals surface area contributed by atoms with Gasteiger partial charge in [-0.2, -0.15) is 0 Å². The lowest BCUT2D eigenvalue weighted by molar-refractivity contribution is 0.552. The first-order chi connectivity index (χ1) is 8.72. The van der Waals surface area contributed by atoms with Crippen molar-refractivity contribution in [1.29, 1.82) is 0 Å². The maximum Gasteiger partial charge on any atom is 0.186 e. The molecule has 1 saturated heterocycles. The Bertz CT molecular complexity index is 429. The number of anilines is 1. The van der Waals surface area contributed by atoms with Crippen LogP contribution in [0.3, 0.4) is 0 Å². The molecule has 2 N–H and O–H groups in total. The smallest absolute Gasteiger partial charge is 0.186 e. The van der Waals surface area contributed by atoms with E-state index in [9.17, 15) is 0 Å². The number of nitrogens with zero attached hydrogens (tertiary/aromatic N) is 2. The summed E-state index contributed by atoms with van der Waals surface area (Å²) in [6, 6.07) is 0.761. The molecule has 3 atom stereocenters. The van der Waals surface area contributed by atoms with Crippen molar-refractivity contribution in [3.8, 4) is 0 Å². The van der Waals surface area contributed by atoms with Gasteiger partial charge in [-0.05, 0) is 37.5 Å². The molecule has 4 heteroatoms. The third-order valence-corrected chi connectivity index (χ3v) is 5.77. The standard InChI is InChI=1S/C14H23N3S/c1-3-9(2)13-12(7-15)18-14(16-13)17-8-10-4-5-11(17)6-10/h9-11H,3-8,15H2,1-2H3. The van der Waals surface area contributed by atoms with Crippen LogP contribution >= 0.6 is 11.3 Å². The summed E-state index contributed by atoms with van der Waals surface area (Å²) in [6.45, 7) is 6.34. The second-order valence-electron chi connectivity index (χ2n) is 5.80. The third kappa shape index (κ3) is 1.95. The summed E-state index contributed by atoms with van der Waals surface area (Å²) in [5.74, 6) is 1.46. The predicted octanol–water partition coefficient (Wildman–Crippen LogP) is 3.10. The summed E-state index contributed by atoms with van der Waals surface area (Å²) in [5.41, 5.74) is 7.14. The van der Waals surface area contributed by atoms with Crippen LogP contribution in [0, 0.1) is 5.92 Å². The van der Waals surface area contributed by atoms with Gasteiger partial charge in [0.2, 0.25) is 0 Å².